The number of halogens is 1. The van der Waals surface area contributed by atoms with Gasteiger partial charge >= 0.3 is 5.97 Å². The van der Waals surface area contributed by atoms with Gasteiger partial charge in [0.25, 0.3) is 0 Å². The summed E-state index contributed by atoms with van der Waals surface area (Å²) < 4.78 is 23.8. The molecule has 0 aliphatic carbocycles. The van der Waals surface area contributed by atoms with Crippen molar-refractivity contribution in [2.75, 3.05) is 20.8 Å². The number of esters is 1. The maximum absolute atomic E-state index is 14.2. The van der Waals surface area contributed by atoms with Crippen molar-refractivity contribution in [1.29, 1.82) is 0 Å². The molecule has 1 atom stereocenters. The molecule has 1 aromatic carbocycles. The maximum Gasteiger partial charge on any atom is 0.325 e. The number of nitrogens with one attached hydrogen (secondary N) is 2. The predicted octanol–water partition coefficient (Wildman–Crippen LogP) is 1.09. The number of benzene rings is 1. The fourth-order valence-electron chi connectivity index (χ4n) is 3.04. The topological polar surface area (TPSA) is 93.7 Å². The molecule has 1 heterocycles. The van der Waals surface area contributed by atoms with E-state index in [2.05, 4.69) is 15.4 Å². The molecule has 26 heavy (non-hydrogen) atoms. The first-order chi connectivity index (χ1) is 12.4. The van der Waals surface area contributed by atoms with Crippen molar-refractivity contribution in [2.45, 2.75) is 37.6 Å². The van der Waals surface area contributed by atoms with Crippen molar-refractivity contribution in [3.8, 4) is 5.75 Å². The first-order valence-corrected chi connectivity index (χ1v) is 8.34. The number of carbonyl (C=O) groups is 3. The van der Waals surface area contributed by atoms with Crippen molar-refractivity contribution >= 4 is 17.8 Å². The molecule has 1 aliphatic heterocycles. The molecular formula is C18H23FN2O5. The van der Waals surface area contributed by atoms with Gasteiger partial charge in [0.05, 0.1) is 14.2 Å². The normalized spacial score (nSPS) is 19.0. The van der Waals surface area contributed by atoms with Crippen LogP contribution in [0.25, 0.3) is 0 Å². The van der Waals surface area contributed by atoms with E-state index in [9.17, 15) is 18.8 Å². The van der Waals surface area contributed by atoms with Crippen molar-refractivity contribution in [3.63, 3.8) is 0 Å². The lowest BCUT2D eigenvalue weighted by Gasteiger charge is -2.29. The fraction of sp³-hybridized carbons (Fsp3) is 0.500. The van der Waals surface area contributed by atoms with E-state index in [1.165, 1.54) is 26.4 Å². The van der Waals surface area contributed by atoms with Crippen molar-refractivity contribution < 1.29 is 28.2 Å². The average molecular weight is 366 g/mol. The fourth-order valence-corrected chi connectivity index (χ4v) is 3.04. The Labute approximate surface area is 151 Å². The van der Waals surface area contributed by atoms with Crippen LogP contribution in [-0.4, -0.2) is 44.1 Å². The molecule has 0 aromatic heterocycles. The number of methoxy groups -OCH3 is 2. The van der Waals surface area contributed by atoms with Gasteiger partial charge in [0.15, 0.2) is 0 Å². The van der Waals surface area contributed by atoms with Crippen LogP contribution >= 0.6 is 0 Å². The Morgan fingerprint density at radius 1 is 1.35 bits per heavy atom. The first-order valence-electron chi connectivity index (χ1n) is 8.34. The Morgan fingerprint density at radius 2 is 2.12 bits per heavy atom. The minimum atomic E-state index is -0.701. The third-order valence-electron chi connectivity index (χ3n) is 4.51. The summed E-state index contributed by atoms with van der Waals surface area (Å²) in [4.78, 5) is 34.8. The summed E-state index contributed by atoms with van der Waals surface area (Å²) in [5.41, 5.74) is -0.283. The second-order valence-corrected chi connectivity index (χ2v) is 6.32. The van der Waals surface area contributed by atoms with Gasteiger partial charge in [-0.2, -0.15) is 0 Å². The van der Waals surface area contributed by atoms with Crippen LogP contribution in [0.4, 0.5) is 4.39 Å². The third-order valence-corrected chi connectivity index (χ3v) is 4.51. The predicted molar refractivity (Wildman–Crippen MR) is 91.0 cm³/mol. The van der Waals surface area contributed by atoms with Gasteiger partial charge in [0.1, 0.15) is 18.1 Å². The maximum atomic E-state index is 14.2. The van der Waals surface area contributed by atoms with Crippen molar-refractivity contribution in [2.24, 2.45) is 0 Å². The van der Waals surface area contributed by atoms with Crippen LogP contribution in [-0.2, 0) is 25.5 Å². The zero-order chi connectivity index (χ0) is 19.2. The quantitative estimate of drug-likeness (QED) is 0.672. The molecule has 1 unspecified atom stereocenters. The summed E-state index contributed by atoms with van der Waals surface area (Å²) in [6, 6.07) is 4.44. The molecule has 2 amide bonds. The molecule has 1 fully saturated rings. The Hall–Kier alpha value is -2.64. The van der Waals surface area contributed by atoms with Gasteiger partial charge < -0.3 is 20.1 Å². The van der Waals surface area contributed by atoms with Gasteiger partial charge in [0.2, 0.25) is 11.8 Å². The number of rotatable bonds is 8. The second kappa shape index (κ2) is 8.64. The lowest BCUT2D eigenvalue weighted by Crippen LogP contribution is -2.45. The smallest absolute Gasteiger partial charge is 0.325 e. The lowest BCUT2D eigenvalue weighted by molar-refractivity contribution is -0.141. The zero-order valence-corrected chi connectivity index (χ0v) is 14.9. The summed E-state index contributed by atoms with van der Waals surface area (Å²) in [5, 5.41) is 5.35. The third kappa shape index (κ3) is 5.18. The van der Waals surface area contributed by atoms with Crippen LogP contribution in [0.2, 0.25) is 0 Å². The van der Waals surface area contributed by atoms with Crippen LogP contribution in [0.1, 0.15) is 31.2 Å². The van der Waals surface area contributed by atoms with Gasteiger partial charge in [0, 0.05) is 18.4 Å². The first kappa shape index (κ1) is 19.7. The van der Waals surface area contributed by atoms with E-state index in [1.54, 1.807) is 6.07 Å². The number of hydrogen-bond donors (Lipinski definition) is 2. The number of amides is 2. The molecule has 2 N–H and O–H groups in total. The molecule has 0 spiro atoms. The summed E-state index contributed by atoms with van der Waals surface area (Å²) in [6.45, 7) is -0.209. The summed E-state index contributed by atoms with van der Waals surface area (Å²) in [6.07, 6.45) is 1.53. The minimum Gasteiger partial charge on any atom is -0.497 e. The Morgan fingerprint density at radius 3 is 2.73 bits per heavy atom. The van der Waals surface area contributed by atoms with Gasteiger partial charge in [-0.3, -0.25) is 14.4 Å². The highest BCUT2D eigenvalue weighted by atomic mass is 19.1. The van der Waals surface area contributed by atoms with Crippen molar-refractivity contribution in [3.05, 3.63) is 29.6 Å². The molecule has 1 saturated heterocycles. The molecular weight excluding hydrogens is 343 g/mol. The van der Waals surface area contributed by atoms with E-state index in [0.717, 1.165) is 0 Å². The summed E-state index contributed by atoms with van der Waals surface area (Å²) in [7, 11) is 2.73. The molecule has 0 bridgehead atoms. The van der Waals surface area contributed by atoms with Crippen LogP contribution in [0.3, 0.4) is 0 Å². The largest absolute Gasteiger partial charge is 0.497 e. The van der Waals surface area contributed by atoms with E-state index in [-0.39, 0.29) is 37.0 Å². The van der Waals surface area contributed by atoms with Crippen LogP contribution in [0, 0.1) is 5.82 Å². The lowest BCUT2D eigenvalue weighted by atomic mass is 9.84. The highest BCUT2D eigenvalue weighted by Crippen LogP contribution is 2.31. The standard InChI is InChI=1S/C18H23FN2O5/c1-25-13-3-4-14(19)12(9-13)10-18(8-6-16(23)21-18)7-5-15(22)20-11-17(24)26-2/h3-4,9H,5-8,10-11H2,1-2H3,(H,20,22)(H,21,23). The molecule has 7 nitrogen and oxygen atoms in total. The van der Waals surface area contributed by atoms with E-state index in [4.69, 9.17) is 4.74 Å². The number of ether oxygens (including phenoxy) is 2. The Balaban J connectivity index is 2.05. The van der Waals surface area contributed by atoms with E-state index in [0.29, 0.717) is 30.6 Å². The van der Waals surface area contributed by atoms with E-state index in [1.807, 2.05) is 0 Å². The Bertz CT molecular complexity index is 694. The van der Waals surface area contributed by atoms with E-state index >= 15 is 0 Å². The zero-order valence-electron chi connectivity index (χ0n) is 14.9. The molecule has 2 rings (SSSR count). The van der Waals surface area contributed by atoms with Crippen LogP contribution in [0.15, 0.2) is 18.2 Å². The summed E-state index contributed by atoms with van der Waals surface area (Å²) in [5.74, 6) is -0.857. The molecule has 1 aliphatic rings. The highest BCUT2D eigenvalue weighted by molar-refractivity contribution is 5.82. The summed E-state index contributed by atoms with van der Waals surface area (Å²) >= 11 is 0. The van der Waals surface area contributed by atoms with Crippen LogP contribution in [0.5, 0.6) is 5.75 Å². The molecule has 0 radical (unpaired) electrons. The number of hydrogen-bond acceptors (Lipinski definition) is 5. The van der Waals surface area contributed by atoms with Crippen molar-refractivity contribution in [1.82, 2.24) is 10.6 Å². The van der Waals surface area contributed by atoms with Gasteiger partial charge in [-0.05, 0) is 43.0 Å². The van der Waals surface area contributed by atoms with Gasteiger partial charge in [-0.15, -0.1) is 0 Å². The molecule has 0 saturated carbocycles. The number of carbonyl (C=O) groups excluding carboxylic acids is 3. The highest BCUT2D eigenvalue weighted by Gasteiger charge is 2.38. The monoisotopic (exact) mass is 366 g/mol. The second-order valence-electron chi connectivity index (χ2n) is 6.32. The molecule has 8 heteroatoms. The van der Waals surface area contributed by atoms with Crippen LogP contribution < -0.4 is 15.4 Å². The minimum absolute atomic E-state index is 0.100. The Kier molecular flexibility index (Phi) is 6.54. The SMILES string of the molecule is COC(=O)CNC(=O)CCC1(Cc2cc(OC)ccc2F)CCC(=O)N1. The molecule has 142 valence electrons. The van der Waals surface area contributed by atoms with Gasteiger partial charge in [-0.1, -0.05) is 0 Å². The van der Waals surface area contributed by atoms with E-state index < -0.39 is 11.5 Å². The average Bonchev–Trinajstić information content (AvgIpc) is 3.00. The van der Waals surface area contributed by atoms with Gasteiger partial charge in [-0.25, -0.2) is 4.39 Å². The molecule has 1 aromatic rings.